The molecule has 0 aromatic heterocycles. The van der Waals surface area contributed by atoms with E-state index in [2.05, 4.69) is 15.5 Å². The van der Waals surface area contributed by atoms with Gasteiger partial charge in [-0.15, -0.1) is 0 Å². The van der Waals surface area contributed by atoms with Crippen LogP contribution in [0, 0.1) is 0 Å². The second-order valence-electron chi connectivity index (χ2n) is 6.88. The third-order valence-electron chi connectivity index (χ3n) is 4.48. The zero-order chi connectivity index (χ0) is 18.0. The van der Waals surface area contributed by atoms with E-state index in [1.54, 1.807) is 0 Å². The Morgan fingerprint density at radius 1 is 1.20 bits per heavy atom. The van der Waals surface area contributed by atoms with Crippen molar-refractivity contribution in [3.05, 3.63) is 24.3 Å². The topological polar surface area (TPSA) is 87.7 Å². The number of sulfone groups is 1. The molecule has 3 unspecified atom stereocenters. The summed E-state index contributed by atoms with van der Waals surface area (Å²) in [7, 11) is -3.02. The average Bonchev–Trinajstić information content (AvgIpc) is 2.85. The average molecular weight is 367 g/mol. The summed E-state index contributed by atoms with van der Waals surface area (Å²) in [5, 5.41) is 5.62. The Morgan fingerprint density at radius 2 is 1.88 bits per heavy atom. The number of benzene rings is 1. The second-order valence-corrected chi connectivity index (χ2v) is 9.11. The first-order valence-corrected chi connectivity index (χ1v) is 10.4. The molecule has 7 nitrogen and oxygen atoms in total. The fraction of sp³-hybridized carbons (Fsp3) is 0.588. The standard InChI is InChI=1S/C17H25N3O4S/c1-12-9-20(10-13(2)24-12)16-6-4-3-5-15(16)19-17(21)18-14-7-8-25(22,23)11-14/h3-6,12-14H,7-11H2,1-2H3,(H2,18,19,21). The van der Waals surface area contributed by atoms with Crippen LogP contribution in [0.2, 0.25) is 0 Å². The monoisotopic (exact) mass is 367 g/mol. The summed E-state index contributed by atoms with van der Waals surface area (Å²) >= 11 is 0. The van der Waals surface area contributed by atoms with Gasteiger partial charge in [0, 0.05) is 19.1 Å². The summed E-state index contributed by atoms with van der Waals surface area (Å²) in [5.74, 6) is 0.151. The molecule has 3 atom stereocenters. The summed E-state index contributed by atoms with van der Waals surface area (Å²) in [6, 6.07) is 6.94. The number of carbonyl (C=O) groups excluding carboxylic acids is 1. The van der Waals surface area contributed by atoms with Gasteiger partial charge in [0.15, 0.2) is 9.84 Å². The molecule has 0 radical (unpaired) electrons. The van der Waals surface area contributed by atoms with E-state index >= 15 is 0 Å². The van der Waals surface area contributed by atoms with Gasteiger partial charge in [-0.05, 0) is 32.4 Å². The van der Waals surface area contributed by atoms with E-state index in [0.717, 1.165) is 18.8 Å². The lowest BCUT2D eigenvalue weighted by atomic mass is 10.1. The first kappa shape index (κ1) is 18.0. The number of hydrogen-bond donors (Lipinski definition) is 2. The molecule has 8 heteroatoms. The molecule has 2 aliphatic heterocycles. The molecule has 0 aliphatic carbocycles. The van der Waals surface area contributed by atoms with Gasteiger partial charge in [-0.1, -0.05) is 12.1 Å². The Labute approximate surface area is 148 Å². The molecule has 138 valence electrons. The number of nitrogens with zero attached hydrogens (tertiary/aromatic N) is 1. The Hall–Kier alpha value is -1.80. The van der Waals surface area contributed by atoms with Gasteiger partial charge >= 0.3 is 6.03 Å². The van der Waals surface area contributed by atoms with Gasteiger partial charge in [0.25, 0.3) is 0 Å². The minimum Gasteiger partial charge on any atom is -0.372 e. The Balaban J connectivity index is 1.67. The predicted octanol–water partition coefficient (Wildman–Crippen LogP) is 1.61. The Kier molecular flexibility index (Phi) is 5.19. The van der Waals surface area contributed by atoms with Gasteiger partial charge in [0.05, 0.1) is 35.1 Å². The minimum atomic E-state index is -3.02. The highest BCUT2D eigenvalue weighted by Crippen LogP contribution is 2.28. The van der Waals surface area contributed by atoms with E-state index in [0.29, 0.717) is 12.1 Å². The summed E-state index contributed by atoms with van der Waals surface area (Å²) in [5.41, 5.74) is 1.65. The number of anilines is 2. The molecule has 1 aromatic rings. The van der Waals surface area contributed by atoms with Crippen LogP contribution < -0.4 is 15.5 Å². The van der Waals surface area contributed by atoms with E-state index in [1.165, 1.54) is 0 Å². The van der Waals surface area contributed by atoms with Crippen LogP contribution in [-0.4, -0.2) is 57.3 Å². The zero-order valence-corrected chi connectivity index (χ0v) is 15.4. The number of carbonyl (C=O) groups is 1. The molecule has 2 amide bonds. The highest BCUT2D eigenvalue weighted by atomic mass is 32.2. The SMILES string of the molecule is CC1CN(c2ccccc2NC(=O)NC2CCS(=O)(=O)C2)CC(C)O1. The summed E-state index contributed by atoms with van der Waals surface area (Å²) in [6.07, 6.45) is 0.708. The molecule has 2 heterocycles. The molecule has 0 saturated carbocycles. The molecule has 0 bridgehead atoms. The van der Waals surface area contributed by atoms with E-state index in [4.69, 9.17) is 4.74 Å². The minimum absolute atomic E-state index is 0.0144. The second kappa shape index (κ2) is 7.21. The number of urea groups is 1. The number of hydrogen-bond acceptors (Lipinski definition) is 5. The Morgan fingerprint density at radius 3 is 2.52 bits per heavy atom. The highest BCUT2D eigenvalue weighted by Gasteiger charge is 2.29. The normalized spacial score (nSPS) is 28.6. The van der Waals surface area contributed by atoms with Gasteiger partial charge in [0.2, 0.25) is 0 Å². The number of rotatable bonds is 3. The van der Waals surface area contributed by atoms with E-state index in [-0.39, 0.29) is 35.8 Å². The number of ether oxygens (including phenoxy) is 1. The van der Waals surface area contributed by atoms with Gasteiger partial charge in [-0.2, -0.15) is 0 Å². The molecular weight excluding hydrogens is 342 g/mol. The van der Waals surface area contributed by atoms with Crippen LogP contribution in [0.3, 0.4) is 0 Å². The fourth-order valence-corrected chi connectivity index (χ4v) is 5.16. The number of nitrogens with one attached hydrogen (secondary N) is 2. The molecular formula is C17H25N3O4S. The van der Waals surface area contributed by atoms with Crippen molar-refractivity contribution in [2.75, 3.05) is 34.8 Å². The van der Waals surface area contributed by atoms with Crippen LogP contribution in [0.15, 0.2) is 24.3 Å². The van der Waals surface area contributed by atoms with Crippen LogP contribution in [0.5, 0.6) is 0 Å². The summed E-state index contributed by atoms with van der Waals surface area (Å²) < 4.78 is 28.8. The first-order valence-electron chi connectivity index (χ1n) is 8.60. The smallest absolute Gasteiger partial charge is 0.319 e. The van der Waals surface area contributed by atoms with E-state index in [1.807, 2.05) is 38.1 Å². The molecule has 2 aliphatic rings. The molecule has 2 saturated heterocycles. The molecule has 2 N–H and O–H groups in total. The van der Waals surface area contributed by atoms with Crippen LogP contribution in [0.4, 0.5) is 16.2 Å². The van der Waals surface area contributed by atoms with Crippen molar-refractivity contribution in [2.45, 2.75) is 38.5 Å². The third-order valence-corrected chi connectivity index (χ3v) is 6.25. The zero-order valence-electron chi connectivity index (χ0n) is 14.6. The van der Waals surface area contributed by atoms with Gasteiger partial charge in [-0.25, -0.2) is 13.2 Å². The van der Waals surface area contributed by atoms with Crippen LogP contribution in [-0.2, 0) is 14.6 Å². The third kappa shape index (κ3) is 4.64. The summed E-state index contributed by atoms with van der Waals surface area (Å²) in [6.45, 7) is 5.58. The van der Waals surface area contributed by atoms with Gasteiger partial charge in [-0.3, -0.25) is 0 Å². The maximum atomic E-state index is 12.3. The molecule has 1 aromatic carbocycles. The summed E-state index contributed by atoms with van der Waals surface area (Å²) in [4.78, 5) is 14.5. The van der Waals surface area contributed by atoms with Crippen LogP contribution >= 0.6 is 0 Å². The lowest BCUT2D eigenvalue weighted by Crippen LogP contribution is -2.46. The number of para-hydroxylation sites is 2. The van der Waals surface area contributed by atoms with Crippen LogP contribution in [0.25, 0.3) is 0 Å². The molecule has 25 heavy (non-hydrogen) atoms. The van der Waals surface area contributed by atoms with Crippen molar-refractivity contribution in [2.24, 2.45) is 0 Å². The van der Waals surface area contributed by atoms with Gasteiger partial charge < -0.3 is 20.3 Å². The maximum Gasteiger partial charge on any atom is 0.319 e. The largest absolute Gasteiger partial charge is 0.372 e. The molecule has 2 fully saturated rings. The first-order chi connectivity index (χ1) is 11.8. The molecule has 0 spiro atoms. The van der Waals surface area contributed by atoms with Crippen molar-refractivity contribution in [3.8, 4) is 0 Å². The van der Waals surface area contributed by atoms with E-state index < -0.39 is 9.84 Å². The van der Waals surface area contributed by atoms with Crippen molar-refractivity contribution in [1.82, 2.24) is 5.32 Å². The number of morpholine rings is 1. The van der Waals surface area contributed by atoms with Crippen LogP contribution in [0.1, 0.15) is 20.3 Å². The van der Waals surface area contributed by atoms with Gasteiger partial charge in [0.1, 0.15) is 0 Å². The Bertz CT molecular complexity index is 727. The lowest BCUT2D eigenvalue weighted by molar-refractivity contribution is -0.00517. The van der Waals surface area contributed by atoms with E-state index in [9.17, 15) is 13.2 Å². The highest BCUT2D eigenvalue weighted by molar-refractivity contribution is 7.91. The van der Waals surface area contributed by atoms with Crippen molar-refractivity contribution in [1.29, 1.82) is 0 Å². The lowest BCUT2D eigenvalue weighted by Gasteiger charge is -2.37. The van der Waals surface area contributed by atoms with Crippen molar-refractivity contribution in [3.63, 3.8) is 0 Å². The van der Waals surface area contributed by atoms with Crippen molar-refractivity contribution < 1.29 is 17.9 Å². The maximum absolute atomic E-state index is 12.3. The number of amides is 2. The quantitative estimate of drug-likeness (QED) is 0.847. The fourth-order valence-electron chi connectivity index (χ4n) is 3.48. The van der Waals surface area contributed by atoms with Crippen molar-refractivity contribution >= 4 is 27.2 Å². The molecule has 3 rings (SSSR count). The predicted molar refractivity (Wildman–Crippen MR) is 97.9 cm³/mol.